The summed E-state index contributed by atoms with van der Waals surface area (Å²) in [4.78, 5) is 7.51. The molecule has 6 heteroatoms. The predicted molar refractivity (Wildman–Crippen MR) is 143 cm³/mol. The summed E-state index contributed by atoms with van der Waals surface area (Å²) < 4.78 is 15.7. The van der Waals surface area contributed by atoms with Gasteiger partial charge < -0.3 is 9.80 Å². The fraction of sp³-hybridized carbons (Fsp3) is 0.483. The Kier molecular flexibility index (Phi) is 8.24. The second-order valence-electron chi connectivity index (χ2n) is 10.2. The lowest BCUT2D eigenvalue weighted by molar-refractivity contribution is 0.227. The molecule has 0 radical (unpaired) electrons. The Labute approximate surface area is 210 Å². The molecule has 0 amide bonds. The Balaban J connectivity index is 1.70. The summed E-state index contributed by atoms with van der Waals surface area (Å²) in [6, 6.07) is 15.5. The van der Waals surface area contributed by atoms with Crippen LogP contribution in [0.3, 0.4) is 0 Å². The summed E-state index contributed by atoms with van der Waals surface area (Å²) in [6.45, 7) is 18.9. The molecule has 35 heavy (non-hydrogen) atoms. The normalized spacial score (nSPS) is 14.9. The molecule has 3 aromatic rings. The van der Waals surface area contributed by atoms with E-state index in [0.717, 1.165) is 69.6 Å². The van der Waals surface area contributed by atoms with E-state index in [1.54, 1.807) is 0 Å². The van der Waals surface area contributed by atoms with Crippen LogP contribution in [0.2, 0.25) is 0 Å². The van der Waals surface area contributed by atoms with Crippen LogP contribution >= 0.6 is 0 Å². The molecular weight excluding hydrogens is 437 g/mol. The van der Waals surface area contributed by atoms with Crippen LogP contribution in [0.15, 0.2) is 48.5 Å². The number of rotatable bonds is 9. The highest BCUT2D eigenvalue weighted by Gasteiger charge is 2.26. The van der Waals surface area contributed by atoms with Crippen LogP contribution in [0, 0.1) is 25.6 Å². The fourth-order valence-electron chi connectivity index (χ4n) is 5.09. The van der Waals surface area contributed by atoms with Gasteiger partial charge >= 0.3 is 0 Å². The summed E-state index contributed by atoms with van der Waals surface area (Å²) in [5.41, 5.74) is 5.85. The van der Waals surface area contributed by atoms with Gasteiger partial charge in [0.25, 0.3) is 0 Å². The first-order valence-electron chi connectivity index (χ1n) is 12.9. The van der Waals surface area contributed by atoms with E-state index in [9.17, 15) is 4.39 Å². The summed E-state index contributed by atoms with van der Waals surface area (Å²) in [5.74, 6) is 1.49. The highest BCUT2D eigenvalue weighted by molar-refractivity contribution is 5.56. The van der Waals surface area contributed by atoms with Crippen LogP contribution < -0.4 is 4.90 Å². The number of halogens is 1. The standard InChI is InChI=1S/C29H40FN5/c1-6-32-14-16-34(17-15-32)29-28(24(5)31-35(29)27-12-10-26(30)11-13-27)21-33(19-22(2)3)20-25-9-7-8-23(4)18-25/h7-13,18,22H,6,14-17,19-21H2,1-5H3. The smallest absolute Gasteiger partial charge is 0.137 e. The molecule has 0 aliphatic carbocycles. The van der Waals surface area contributed by atoms with Crippen molar-refractivity contribution in [2.24, 2.45) is 5.92 Å². The molecule has 0 bridgehead atoms. The molecule has 0 N–H and O–H groups in total. The number of hydrogen-bond acceptors (Lipinski definition) is 4. The van der Waals surface area contributed by atoms with Gasteiger partial charge in [0.1, 0.15) is 11.6 Å². The third-order valence-electron chi connectivity index (χ3n) is 6.84. The van der Waals surface area contributed by atoms with Crippen LogP contribution in [0.5, 0.6) is 0 Å². The minimum atomic E-state index is -0.225. The molecule has 1 aromatic heterocycles. The molecule has 0 spiro atoms. The summed E-state index contributed by atoms with van der Waals surface area (Å²) in [7, 11) is 0. The van der Waals surface area contributed by atoms with E-state index < -0.39 is 0 Å². The van der Waals surface area contributed by atoms with Gasteiger partial charge in [0.05, 0.1) is 11.4 Å². The first kappa shape index (κ1) is 25.4. The van der Waals surface area contributed by atoms with Crippen molar-refractivity contribution in [2.75, 3.05) is 44.2 Å². The monoisotopic (exact) mass is 477 g/mol. The second-order valence-corrected chi connectivity index (χ2v) is 10.2. The van der Waals surface area contributed by atoms with E-state index >= 15 is 0 Å². The quantitative estimate of drug-likeness (QED) is 0.411. The van der Waals surface area contributed by atoms with Gasteiger partial charge in [-0.25, -0.2) is 9.07 Å². The van der Waals surface area contributed by atoms with E-state index in [0.29, 0.717) is 5.92 Å². The molecular formula is C29H40FN5. The molecule has 0 unspecified atom stereocenters. The third kappa shape index (κ3) is 6.30. The van der Waals surface area contributed by atoms with E-state index in [4.69, 9.17) is 5.10 Å². The number of anilines is 1. The van der Waals surface area contributed by atoms with Gasteiger partial charge in [-0.1, -0.05) is 50.6 Å². The SMILES string of the molecule is CCN1CCN(c2c(CN(Cc3cccc(C)c3)CC(C)C)c(C)nn2-c2ccc(F)cc2)CC1. The Morgan fingerprint density at radius 2 is 1.69 bits per heavy atom. The number of likely N-dealkylation sites (N-methyl/N-ethyl adjacent to an activating group) is 1. The molecule has 2 aromatic carbocycles. The van der Waals surface area contributed by atoms with Crippen molar-refractivity contribution in [1.29, 1.82) is 0 Å². The fourth-order valence-corrected chi connectivity index (χ4v) is 5.09. The molecule has 188 valence electrons. The number of piperazine rings is 1. The van der Waals surface area contributed by atoms with Gasteiger partial charge in [-0.3, -0.25) is 4.90 Å². The third-order valence-corrected chi connectivity index (χ3v) is 6.84. The largest absolute Gasteiger partial charge is 0.354 e. The molecule has 1 fully saturated rings. The van der Waals surface area contributed by atoms with Gasteiger partial charge in [-0.15, -0.1) is 0 Å². The van der Waals surface area contributed by atoms with Gasteiger partial charge in [-0.05, 0) is 56.1 Å². The molecule has 0 saturated carbocycles. The molecule has 1 aliphatic rings. The molecule has 5 nitrogen and oxygen atoms in total. The van der Waals surface area contributed by atoms with Gasteiger partial charge in [0.15, 0.2) is 0 Å². The number of hydrogen-bond donors (Lipinski definition) is 0. The second kappa shape index (κ2) is 11.4. The highest BCUT2D eigenvalue weighted by atomic mass is 19.1. The van der Waals surface area contributed by atoms with Gasteiger partial charge in [-0.2, -0.15) is 5.10 Å². The average Bonchev–Trinajstić information content (AvgIpc) is 3.15. The summed E-state index contributed by atoms with van der Waals surface area (Å²) in [5, 5.41) is 4.99. The minimum absolute atomic E-state index is 0.225. The van der Waals surface area contributed by atoms with Crippen molar-refractivity contribution in [3.63, 3.8) is 0 Å². The maximum Gasteiger partial charge on any atom is 0.137 e. The maximum atomic E-state index is 13.7. The van der Waals surface area contributed by atoms with Crippen molar-refractivity contribution in [1.82, 2.24) is 19.6 Å². The molecule has 1 aliphatic heterocycles. The van der Waals surface area contributed by atoms with Crippen LogP contribution in [-0.2, 0) is 13.1 Å². The predicted octanol–water partition coefficient (Wildman–Crippen LogP) is 5.43. The van der Waals surface area contributed by atoms with Crippen molar-refractivity contribution >= 4 is 5.82 Å². The number of aromatic nitrogens is 2. The van der Waals surface area contributed by atoms with Crippen molar-refractivity contribution in [3.8, 4) is 5.69 Å². The van der Waals surface area contributed by atoms with Gasteiger partial charge in [0.2, 0.25) is 0 Å². The van der Waals surface area contributed by atoms with E-state index in [1.165, 1.54) is 28.8 Å². The zero-order chi connectivity index (χ0) is 24.9. The van der Waals surface area contributed by atoms with E-state index in [-0.39, 0.29) is 5.82 Å². The van der Waals surface area contributed by atoms with Gasteiger partial charge in [0, 0.05) is 51.4 Å². The van der Waals surface area contributed by atoms with Crippen LogP contribution in [-0.4, -0.2) is 58.8 Å². The Bertz CT molecular complexity index is 1100. The van der Waals surface area contributed by atoms with Crippen molar-refractivity contribution in [2.45, 2.75) is 47.7 Å². The van der Waals surface area contributed by atoms with E-state index in [2.05, 4.69) is 73.6 Å². The topological polar surface area (TPSA) is 27.5 Å². The Morgan fingerprint density at radius 3 is 2.31 bits per heavy atom. The number of aryl methyl sites for hydroxylation is 2. The van der Waals surface area contributed by atoms with Crippen LogP contribution in [0.4, 0.5) is 10.2 Å². The lowest BCUT2D eigenvalue weighted by Crippen LogP contribution is -2.47. The lowest BCUT2D eigenvalue weighted by atomic mass is 10.1. The minimum Gasteiger partial charge on any atom is -0.354 e. The highest BCUT2D eigenvalue weighted by Crippen LogP contribution is 2.30. The molecule has 2 heterocycles. The summed E-state index contributed by atoms with van der Waals surface area (Å²) in [6.07, 6.45) is 0. The van der Waals surface area contributed by atoms with Crippen LogP contribution in [0.25, 0.3) is 5.69 Å². The zero-order valence-corrected chi connectivity index (χ0v) is 22.0. The molecule has 0 atom stereocenters. The average molecular weight is 478 g/mol. The van der Waals surface area contributed by atoms with Crippen molar-refractivity contribution < 1.29 is 4.39 Å². The zero-order valence-electron chi connectivity index (χ0n) is 22.0. The Morgan fingerprint density at radius 1 is 0.971 bits per heavy atom. The Hall–Kier alpha value is -2.70. The molecule has 4 rings (SSSR count). The van der Waals surface area contributed by atoms with Crippen molar-refractivity contribution in [3.05, 3.63) is 76.7 Å². The summed E-state index contributed by atoms with van der Waals surface area (Å²) >= 11 is 0. The van der Waals surface area contributed by atoms with E-state index in [1.807, 2.05) is 16.8 Å². The number of benzene rings is 2. The lowest BCUT2D eigenvalue weighted by Gasteiger charge is -2.36. The first-order chi connectivity index (χ1) is 16.8. The molecule has 1 saturated heterocycles. The maximum absolute atomic E-state index is 13.7. The van der Waals surface area contributed by atoms with Crippen LogP contribution in [0.1, 0.15) is 43.2 Å². The number of nitrogens with zero attached hydrogens (tertiary/aromatic N) is 5. The first-order valence-corrected chi connectivity index (χ1v) is 12.9.